The molecule has 0 radical (unpaired) electrons. The first-order valence-corrected chi connectivity index (χ1v) is 6.80. The standard InChI is InChI=1S/C15H15N3O5/c1-3-23-11-6-4-10(5-7-11)18-14(21)12(8-16-9(2)19)13(20)17-15(18)22/h4-8,21H,3H2,1-2H3,(H,17,20,22). The van der Waals surface area contributed by atoms with E-state index in [-0.39, 0.29) is 5.56 Å². The van der Waals surface area contributed by atoms with Crippen molar-refractivity contribution in [3.8, 4) is 17.3 Å². The van der Waals surface area contributed by atoms with Crippen LogP contribution in [0.4, 0.5) is 0 Å². The number of amides is 1. The van der Waals surface area contributed by atoms with Crippen LogP contribution in [0.2, 0.25) is 0 Å². The molecule has 2 N–H and O–H groups in total. The second kappa shape index (κ2) is 6.73. The van der Waals surface area contributed by atoms with E-state index in [1.165, 1.54) is 6.92 Å². The molecule has 0 fully saturated rings. The summed E-state index contributed by atoms with van der Waals surface area (Å²) < 4.78 is 6.20. The zero-order valence-electron chi connectivity index (χ0n) is 12.6. The van der Waals surface area contributed by atoms with Gasteiger partial charge in [0.25, 0.3) is 5.56 Å². The van der Waals surface area contributed by atoms with Gasteiger partial charge >= 0.3 is 5.69 Å². The normalized spacial score (nSPS) is 10.9. The molecular formula is C15H15N3O5. The smallest absolute Gasteiger partial charge is 0.335 e. The number of nitrogens with zero attached hydrogens (tertiary/aromatic N) is 2. The lowest BCUT2D eigenvalue weighted by Crippen LogP contribution is -2.31. The summed E-state index contributed by atoms with van der Waals surface area (Å²) in [6.07, 6.45) is 0.918. The highest BCUT2D eigenvalue weighted by molar-refractivity contribution is 5.91. The summed E-state index contributed by atoms with van der Waals surface area (Å²) in [4.78, 5) is 40.1. The van der Waals surface area contributed by atoms with Crippen LogP contribution in [0.25, 0.3) is 5.69 Å². The molecule has 23 heavy (non-hydrogen) atoms. The van der Waals surface area contributed by atoms with Gasteiger partial charge in [0, 0.05) is 13.1 Å². The number of ether oxygens (including phenoxy) is 1. The number of aliphatic imine (C=N–C) groups is 1. The van der Waals surface area contributed by atoms with E-state index in [2.05, 4.69) is 9.98 Å². The first kappa shape index (κ1) is 16.2. The third-order valence-electron chi connectivity index (χ3n) is 2.90. The Hall–Kier alpha value is -3.16. The number of aromatic hydroxyl groups is 1. The maximum Gasteiger partial charge on any atom is 0.335 e. The summed E-state index contributed by atoms with van der Waals surface area (Å²) in [5.74, 6) is -0.540. The van der Waals surface area contributed by atoms with E-state index in [1.54, 1.807) is 24.3 Å². The van der Waals surface area contributed by atoms with Gasteiger partial charge in [0.05, 0.1) is 12.3 Å². The fourth-order valence-corrected chi connectivity index (χ4v) is 1.91. The fourth-order valence-electron chi connectivity index (χ4n) is 1.91. The van der Waals surface area contributed by atoms with Crippen LogP contribution < -0.4 is 16.0 Å². The van der Waals surface area contributed by atoms with Crippen LogP contribution in [0, 0.1) is 0 Å². The maximum absolute atomic E-state index is 12.0. The van der Waals surface area contributed by atoms with Crippen LogP contribution in [0.5, 0.6) is 11.6 Å². The molecule has 8 nitrogen and oxygen atoms in total. The average Bonchev–Trinajstić information content (AvgIpc) is 2.48. The number of H-pyrrole nitrogens is 1. The Balaban J connectivity index is 2.58. The highest BCUT2D eigenvalue weighted by Crippen LogP contribution is 2.18. The third kappa shape index (κ3) is 3.54. The van der Waals surface area contributed by atoms with Crippen molar-refractivity contribution in [2.45, 2.75) is 13.8 Å². The van der Waals surface area contributed by atoms with Gasteiger partial charge in [-0.3, -0.25) is 14.6 Å². The van der Waals surface area contributed by atoms with E-state index in [0.29, 0.717) is 18.0 Å². The molecule has 8 heteroatoms. The Morgan fingerprint density at radius 1 is 1.35 bits per heavy atom. The Labute approximate surface area is 130 Å². The van der Waals surface area contributed by atoms with Gasteiger partial charge in [-0.1, -0.05) is 0 Å². The number of benzene rings is 1. The Morgan fingerprint density at radius 3 is 2.57 bits per heavy atom. The minimum Gasteiger partial charge on any atom is -0.494 e. The first-order chi connectivity index (χ1) is 10.9. The van der Waals surface area contributed by atoms with Gasteiger partial charge in [-0.15, -0.1) is 0 Å². The molecule has 1 aromatic carbocycles. The molecule has 0 aliphatic rings. The molecule has 0 spiro atoms. The van der Waals surface area contributed by atoms with Crippen LogP contribution in [0.15, 0.2) is 38.8 Å². The predicted molar refractivity (Wildman–Crippen MR) is 83.8 cm³/mol. The molecular weight excluding hydrogens is 302 g/mol. The highest BCUT2D eigenvalue weighted by atomic mass is 16.5. The number of rotatable bonds is 4. The molecule has 0 unspecified atom stereocenters. The van der Waals surface area contributed by atoms with Gasteiger partial charge in [0.15, 0.2) is 0 Å². The van der Waals surface area contributed by atoms with Crippen molar-refractivity contribution in [1.82, 2.24) is 9.55 Å². The van der Waals surface area contributed by atoms with Crippen LogP contribution in [0.1, 0.15) is 19.4 Å². The lowest BCUT2D eigenvalue weighted by molar-refractivity contribution is -0.115. The zero-order valence-corrected chi connectivity index (χ0v) is 12.6. The highest BCUT2D eigenvalue weighted by Gasteiger charge is 2.14. The molecule has 0 bridgehead atoms. The number of carbonyl (C=O) groups is 1. The number of hydrogen-bond donors (Lipinski definition) is 2. The van der Waals surface area contributed by atoms with E-state index >= 15 is 0 Å². The van der Waals surface area contributed by atoms with Crippen LogP contribution in [-0.4, -0.2) is 33.4 Å². The van der Waals surface area contributed by atoms with E-state index in [4.69, 9.17) is 4.74 Å². The summed E-state index contributed by atoms with van der Waals surface area (Å²) >= 11 is 0. The topological polar surface area (TPSA) is 114 Å². The van der Waals surface area contributed by atoms with Crippen molar-refractivity contribution >= 4 is 12.1 Å². The van der Waals surface area contributed by atoms with E-state index in [0.717, 1.165) is 10.8 Å². The minimum atomic E-state index is -0.834. The lowest BCUT2D eigenvalue weighted by atomic mass is 10.2. The molecule has 0 aliphatic heterocycles. The number of aromatic nitrogens is 2. The van der Waals surface area contributed by atoms with Gasteiger partial charge in [-0.2, -0.15) is 0 Å². The molecule has 2 rings (SSSR count). The molecule has 0 aliphatic carbocycles. The average molecular weight is 317 g/mol. The minimum absolute atomic E-state index is 0.284. The van der Waals surface area contributed by atoms with E-state index < -0.39 is 23.0 Å². The van der Waals surface area contributed by atoms with Crippen molar-refractivity contribution in [2.24, 2.45) is 4.99 Å². The van der Waals surface area contributed by atoms with Crippen LogP contribution >= 0.6 is 0 Å². The van der Waals surface area contributed by atoms with Crippen molar-refractivity contribution < 1.29 is 14.6 Å². The number of nitrogens with one attached hydrogen (secondary N) is 1. The van der Waals surface area contributed by atoms with Gasteiger partial charge in [0.2, 0.25) is 11.8 Å². The molecule has 0 saturated heterocycles. The number of hydrogen-bond acceptors (Lipinski definition) is 5. The predicted octanol–water partition coefficient (Wildman–Crippen LogP) is 0.595. The second-order valence-electron chi connectivity index (χ2n) is 4.54. The summed E-state index contributed by atoms with van der Waals surface area (Å²) in [7, 11) is 0. The molecule has 2 aromatic rings. The van der Waals surface area contributed by atoms with Gasteiger partial charge in [0.1, 0.15) is 11.3 Å². The molecule has 1 amide bonds. The van der Waals surface area contributed by atoms with Crippen molar-refractivity contribution in [3.05, 3.63) is 50.7 Å². The maximum atomic E-state index is 12.0. The summed E-state index contributed by atoms with van der Waals surface area (Å²) in [5.41, 5.74) is -1.60. The lowest BCUT2D eigenvalue weighted by Gasteiger charge is -2.10. The Bertz CT molecular complexity index is 862. The Kier molecular flexibility index (Phi) is 4.75. The molecule has 1 heterocycles. The fraction of sp³-hybridized carbons (Fsp3) is 0.200. The molecule has 0 saturated carbocycles. The zero-order chi connectivity index (χ0) is 17.0. The van der Waals surface area contributed by atoms with E-state index in [1.807, 2.05) is 6.92 Å². The first-order valence-electron chi connectivity index (χ1n) is 6.80. The Morgan fingerprint density at radius 2 is 2.00 bits per heavy atom. The van der Waals surface area contributed by atoms with Crippen molar-refractivity contribution in [3.63, 3.8) is 0 Å². The second-order valence-corrected chi connectivity index (χ2v) is 4.54. The third-order valence-corrected chi connectivity index (χ3v) is 2.90. The summed E-state index contributed by atoms with van der Waals surface area (Å²) in [6, 6.07) is 6.35. The SMILES string of the molecule is CCOc1ccc(-n2c(O)c(C=NC(C)=O)c(=O)[nH]c2=O)cc1. The van der Waals surface area contributed by atoms with Crippen molar-refractivity contribution in [2.75, 3.05) is 6.61 Å². The van der Waals surface area contributed by atoms with E-state index in [9.17, 15) is 19.5 Å². The summed E-state index contributed by atoms with van der Waals surface area (Å²) in [6.45, 7) is 3.53. The quantitative estimate of drug-likeness (QED) is 0.801. The van der Waals surface area contributed by atoms with Gasteiger partial charge < -0.3 is 9.84 Å². The molecule has 120 valence electrons. The molecule has 0 atom stereocenters. The van der Waals surface area contributed by atoms with Crippen LogP contribution in [-0.2, 0) is 4.79 Å². The number of aromatic amines is 1. The monoisotopic (exact) mass is 317 g/mol. The van der Waals surface area contributed by atoms with Gasteiger partial charge in [-0.25, -0.2) is 14.4 Å². The summed E-state index contributed by atoms with van der Waals surface area (Å²) in [5, 5.41) is 10.2. The largest absolute Gasteiger partial charge is 0.494 e. The number of carbonyl (C=O) groups excluding carboxylic acids is 1. The van der Waals surface area contributed by atoms with Crippen LogP contribution in [0.3, 0.4) is 0 Å². The van der Waals surface area contributed by atoms with Gasteiger partial charge in [-0.05, 0) is 31.2 Å². The van der Waals surface area contributed by atoms with Crippen molar-refractivity contribution in [1.29, 1.82) is 0 Å². The molecule has 1 aromatic heterocycles.